The van der Waals surface area contributed by atoms with Crippen LogP contribution in [0.3, 0.4) is 0 Å². The van der Waals surface area contributed by atoms with Gasteiger partial charge in [-0.15, -0.1) is 0 Å². The zero-order valence-electron chi connectivity index (χ0n) is 16.2. The summed E-state index contributed by atoms with van der Waals surface area (Å²) in [7, 11) is 1.85. The molecule has 0 saturated heterocycles. The van der Waals surface area contributed by atoms with E-state index in [0.29, 0.717) is 17.9 Å². The number of nitrogens with two attached hydrogens (primary N) is 1. The maximum absolute atomic E-state index is 12.8. The summed E-state index contributed by atoms with van der Waals surface area (Å²) in [4.78, 5) is 12.8. The zero-order chi connectivity index (χ0) is 19.6. The molecule has 3 rings (SSSR count). The Kier molecular flexibility index (Phi) is 5.08. The van der Waals surface area contributed by atoms with Crippen LogP contribution in [0, 0.1) is 0 Å². The van der Waals surface area contributed by atoms with Gasteiger partial charge in [0.15, 0.2) is 5.82 Å². The van der Waals surface area contributed by atoms with Crippen molar-refractivity contribution < 1.29 is 9.53 Å². The molecule has 0 radical (unpaired) electrons. The smallest absolute Gasteiger partial charge is 0.329 e. The number of esters is 1. The minimum atomic E-state index is -0.561. The van der Waals surface area contributed by atoms with Crippen LogP contribution in [0.4, 0.5) is 11.5 Å². The number of nitrogens with one attached hydrogen (secondary N) is 1. The van der Waals surface area contributed by atoms with E-state index in [2.05, 4.69) is 10.4 Å². The van der Waals surface area contributed by atoms with Gasteiger partial charge in [0, 0.05) is 24.5 Å². The quantitative estimate of drug-likeness (QED) is 0.533. The van der Waals surface area contributed by atoms with Gasteiger partial charge < -0.3 is 15.8 Å². The second-order valence-electron chi connectivity index (χ2n) is 7.67. The lowest BCUT2D eigenvalue weighted by atomic mass is 10.1. The summed E-state index contributed by atoms with van der Waals surface area (Å²) >= 11 is 0. The third-order valence-corrected chi connectivity index (χ3v) is 4.16. The Morgan fingerprint density at radius 3 is 2.59 bits per heavy atom. The van der Waals surface area contributed by atoms with E-state index in [1.54, 1.807) is 4.68 Å². The topological polar surface area (TPSA) is 82.2 Å². The van der Waals surface area contributed by atoms with Crippen LogP contribution in [0.25, 0.3) is 10.9 Å². The number of rotatable bonds is 5. The molecule has 3 N–H and O–H groups in total. The molecule has 3 aromatic rings. The fourth-order valence-electron chi connectivity index (χ4n) is 2.96. The molecular formula is C21H26N4O2. The van der Waals surface area contributed by atoms with E-state index >= 15 is 0 Å². The largest absolute Gasteiger partial charge is 0.458 e. The molecule has 142 valence electrons. The van der Waals surface area contributed by atoms with Crippen molar-refractivity contribution >= 4 is 28.4 Å². The average Bonchev–Trinajstić information content (AvgIpc) is 2.89. The lowest BCUT2D eigenvalue weighted by molar-refractivity contribution is -0.155. The highest BCUT2D eigenvalue weighted by atomic mass is 16.6. The molecule has 2 aromatic carbocycles. The van der Waals surface area contributed by atoms with Gasteiger partial charge in [-0.05, 0) is 44.5 Å². The number of benzene rings is 2. The molecule has 0 aliphatic carbocycles. The molecule has 1 atom stereocenters. The number of aromatic nitrogens is 2. The van der Waals surface area contributed by atoms with Crippen LogP contribution in [-0.4, -0.2) is 27.4 Å². The van der Waals surface area contributed by atoms with Crippen molar-refractivity contribution in [2.24, 2.45) is 7.05 Å². The van der Waals surface area contributed by atoms with Crippen molar-refractivity contribution in [3.8, 4) is 0 Å². The summed E-state index contributed by atoms with van der Waals surface area (Å²) in [5.41, 5.74) is 7.95. The van der Waals surface area contributed by atoms with Crippen LogP contribution in [0.15, 0.2) is 48.5 Å². The Hall–Kier alpha value is -3.02. The Balaban J connectivity index is 1.92. The highest BCUT2D eigenvalue weighted by Gasteiger charge is 2.27. The summed E-state index contributed by atoms with van der Waals surface area (Å²) < 4.78 is 7.38. The number of anilines is 2. The summed E-state index contributed by atoms with van der Waals surface area (Å²) in [6.07, 6.45) is 0.503. The molecule has 0 fully saturated rings. The molecule has 0 amide bonds. The van der Waals surface area contributed by atoms with Crippen molar-refractivity contribution in [2.75, 3.05) is 11.1 Å². The molecule has 27 heavy (non-hydrogen) atoms. The number of ether oxygens (including phenoxy) is 1. The van der Waals surface area contributed by atoms with Crippen LogP contribution in [0.1, 0.15) is 26.3 Å². The molecule has 1 heterocycles. The second-order valence-corrected chi connectivity index (χ2v) is 7.67. The number of carbonyl (C=O) groups is 1. The molecular weight excluding hydrogens is 340 g/mol. The summed E-state index contributed by atoms with van der Waals surface area (Å²) in [6, 6.07) is 14.9. The number of nitrogen functional groups attached to an aromatic ring is 1. The fourth-order valence-corrected chi connectivity index (χ4v) is 2.96. The molecule has 1 aromatic heterocycles. The summed E-state index contributed by atoms with van der Waals surface area (Å²) in [5, 5.41) is 8.73. The molecule has 0 aliphatic heterocycles. The average molecular weight is 366 g/mol. The monoisotopic (exact) mass is 366 g/mol. The third kappa shape index (κ3) is 4.58. The number of hydrogen-bond donors (Lipinski definition) is 2. The molecule has 6 heteroatoms. The normalized spacial score (nSPS) is 12.7. The molecule has 0 saturated carbocycles. The van der Waals surface area contributed by atoms with Gasteiger partial charge in [0.2, 0.25) is 0 Å². The minimum Gasteiger partial charge on any atom is -0.458 e. The van der Waals surface area contributed by atoms with E-state index in [1.165, 1.54) is 0 Å². The van der Waals surface area contributed by atoms with Crippen molar-refractivity contribution in [1.29, 1.82) is 0 Å². The van der Waals surface area contributed by atoms with Crippen LogP contribution in [0.5, 0.6) is 0 Å². The van der Waals surface area contributed by atoms with E-state index < -0.39 is 11.6 Å². The summed E-state index contributed by atoms with van der Waals surface area (Å²) in [5.74, 6) is 0.333. The molecule has 0 bridgehead atoms. The minimum absolute atomic E-state index is 0.305. The maximum Gasteiger partial charge on any atom is 0.329 e. The van der Waals surface area contributed by atoms with Crippen LogP contribution in [0.2, 0.25) is 0 Å². The fraction of sp³-hybridized carbons (Fsp3) is 0.333. The van der Waals surface area contributed by atoms with Gasteiger partial charge in [-0.3, -0.25) is 4.68 Å². The Morgan fingerprint density at radius 1 is 1.22 bits per heavy atom. The van der Waals surface area contributed by atoms with Crippen molar-refractivity contribution in [2.45, 2.75) is 38.8 Å². The van der Waals surface area contributed by atoms with E-state index in [4.69, 9.17) is 10.5 Å². The van der Waals surface area contributed by atoms with Crippen molar-refractivity contribution in [1.82, 2.24) is 9.78 Å². The highest BCUT2D eigenvalue weighted by Crippen LogP contribution is 2.26. The first-order valence-electron chi connectivity index (χ1n) is 8.98. The van der Waals surface area contributed by atoms with Crippen LogP contribution < -0.4 is 11.1 Å². The van der Waals surface area contributed by atoms with Gasteiger partial charge in [0.05, 0.1) is 5.52 Å². The lowest BCUT2D eigenvalue weighted by Crippen LogP contribution is -2.38. The van der Waals surface area contributed by atoms with E-state index in [9.17, 15) is 4.79 Å². The predicted molar refractivity (Wildman–Crippen MR) is 109 cm³/mol. The number of carbonyl (C=O) groups excluding carboxylic acids is 1. The third-order valence-electron chi connectivity index (χ3n) is 4.16. The zero-order valence-corrected chi connectivity index (χ0v) is 16.2. The predicted octanol–water partition coefficient (Wildman–Crippen LogP) is 3.52. The Bertz CT molecular complexity index is 942. The Labute approximate surface area is 159 Å². The molecule has 1 unspecified atom stereocenters. The van der Waals surface area contributed by atoms with E-state index in [1.807, 2.05) is 76.3 Å². The first kappa shape index (κ1) is 18.8. The highest BCUT2D eigenvalue weighted by molar-refractivity contribution is 5.93. The second kappa shape index (κ2) is 7.31. The van der Waals surface area contributed by atoms with Gasteiger partial charge >= 0.3 is 5.97 Å². The number of aryl methyl sites for hydroxylation is 1. The lowest BCUT2D eigenvalue weighted by Gasteiger charge is -2.24. The van der Waals surface area contributed by atoms with Crippen LogP contribution >= 0.6 is 0 Å². The van der Waals surface area contributed by atoms with Crippen LogP contribution in [-0.2, 0) is 23.0 Å². The van der Waals surface area contributed by atoms with E-state index in [0.717, 1.165) is 16.5 Å². The maximum atomic E-state index is 12.8. The van der Waals surface area contributed by atoms with E-state index in [-0.39, 0.29) is 5.97 Å². The van der Waals surface area contributed by atoms with Gasteiger partial charge in [-0.1, -0.05) is 30.3 Å². The Morgan fingerprint density at radius 2 is 1.93 bits per heavy atom. The number of fused-ring (bicyclic) bond motifs is 1. The van der Waals surface area contributed by atoms with Gasteiger partial charge in [-0.2, -0.15) is 5.10 Å². The summed E-state index contributed by atoms with van der Waals surface area (Å²) in [6.45, 7) is 5.59. The van der Waals surface area contributed by atoms with Gasteiger partial charge in [-0.25, -0.2) is 4.79 Å². The SMILES string of the molecule is Cn1nc(NC(Cc2ccccc2)C(=O)OC(C)(C)C)c2ccc(N)cc21. The van der Waals surface area contributed by atoms with Gasteiger partial charge in [0.25, 0.3) is 0 Å². The molecule has 6 nitrogen and oxygen atoms in total. The van der Waals surface area contributed by atoms with Crippen molar-refractivity contribution in [3.63, 3.8) is 0 Å². The van der Waals surface area contributed by atoms with Gasteiger partial charge in [0.1, 0.15) is 11.6 Å². The first-order valence-corrected chi connectivity index (χ1v) is 8.98. The number of nitrogens with zero attached hydrogens (tertiary/aromatic N) is 2. The number of hydrogen-bond acceptors (Lipinski definition) is 5. The molecule has 0 aliphatic rings. The first-order chi connectivity index (χ1) is 12.7. The standard InChI is InChI=1S/C21H26N4O2/c1-21(2,3)27-20(26)17(12-14-8-6-5-7-9-14)23-19-16-11-10-15(22)13-18(16)25(4)24-19/h5-11,13,17H,12,22H2,1-4H3,(H,23,24). The molecule has 0 spiro atoms. The van der Waals surface area contributed by atoms with Crippen molar-refractivity contribution in [3.05, 3.63) is 54.1 Å².